The fourth-order valence-corrected chi connectivity index (χ4v) is 2.87. The highest BCUT2D eigenvalue weighted by Crippen LogP contribution is 2.34. The summed E-state index contributed by atoms with van der Waals surface area (Å²) in [6, 6.07) is 10.5. The van der Waals surface area contributed by atoms with Gasteiger partial charge in [0.2, 0.25) is 5.88 Å². The number of alkyl halides is 3. The van der Waals surface area contributed by atoms with Crippen LogP contribution in [0.15, 0.2) is 76.2 Å². The van der Waals surface area contributed by atoms with Crippen LogP contribution in [-0.4, -0.2) is 30.2 Å². The minimum absolute atomic E-state index is 0.294. The molecule has 1 N–H and O–H groups in total. The molecule has 0 bridgehead atoms. The van der Waals surface area contributed by atoms with E-state index < -0.39 is 17.6 Å². The van der Waals surface area contributed by atoms with Crippen molar-refractivity contribution in [2.75, 3.05) is 18.7 Å². The van der Waals surface area contributed by atoms with Crippen LogP contribution in [0.25, 0.3) is 0 Å². The first-order valence-electron chi connectivity index (χ1n) is 8.59. The molecule has 4 nitrogen and oxygen atoms in total. The van der Waals surface area contributed by atoms with Crippen LogP contribution in [0.1, 0.15) is 18.2 Å². The average molecular weight is 421 g/mol. The van der Waals surface area contributed by atoms with Crippen molar-refractivity contribution in [3.05, 3.63) is 77.6 Å². The maximum Gasteiger partial charge on any atom is 0.423 e. The zero-order chi connectivity index (χ0) is 21.6. The molecule has 0 unspecified atom stereocenters. The lowest BCUT2D eigenvalue weighted by Gasteiger charge is -2.18. The van der Waals surface area contributed by atoms with Crippen LogP contribution in [-0.2, 0) is 4.74 Å². The average Bonchev–Trinajstić information content (AvgIpc) is 2.68. The van der Waals surface area contributed by atoms with E-state index in [0.717, 1.165) is 17.6 Å². The monoisotopic (exact) mass is 421 g/mol. The Hall–Kier alpha value is -2.74. The predicted octanol–water partition coefficient (Wildman–Crippen LogP) is 5.97. The van der Waals surface area contributed by atoms with Crippen LogP contribution in [0.4, 0.5) is 18.9 Å². The molecule has 8 heteroatoms. The lowest BCUT2D eigenvalue weighted by Crippen LogP contribution is -2.20. The maximum absolute atomic E-state index is 13.8. The van der Waals surface area contributed by atoms with Gasteiger partial charge in [-0.25, -0.2) is 4.99 Å². The van der Waals surface area contributed by atoms with Crippen molar-refractivity contribution in [3.63, 3.8) is 0 Å². The lowest BCUT2D eigenvalue weighted by molar-refractivity contribution is -0.0923. The molecule has 29 heavy (non-hydrogen) atoms. The van der Waals surface area contributed by atoms with E-state index in [2.05, 4.69) is 21.9 Å². The number of aliphatic imine (C=N–C) groups is 1. The van der Waals surface area contributed by atoms with E-state index in [1.807, 2.05) is 19.2 Å². The summed E-state index contributed by atoms with van der Waals surface area (Å²) in [4.78, 5) is 9.17. The number of nitrogens with zero attached hydrogens (tertiary/aromatic N) is 2. The van der Waals surface area contributed by atoms with Gasteiger partial charge in [-0.2, -0.15) is 13.2 Å². The fourth-order valence-electron chi connectivity index (χ4n) is 2.44. The van der Waals surface area contributed by atoms with Crippen LogP contribution in [0, 0.1) is 6.92 Å². The van der Waals surface area contributed by atoms with Crippen LogP contribution in [0.5, 0.6) is 0 Å². The standard InChI is InChI=1S/C21H22F3N3OS/c1-13-6-8-16(9-7-13)26-15(3)19(21(22,23)24)20(28-4)27-14(2)18-12-17(29-5)10-11-25-18/h6-12,26H,3H2,1-2,4-5H3/b20-19-,27-14?. The maximum atomic E-state index is 13.8. The molecule has 2 aromatic rings. The lowest BCUT2D eigenvalue weighted by atomic mass is 10.1. The predicted molar refractivity (Wildman–Crippen MR) is 112 cm³/mol. The molecule has 0 aliphatic carbocycles. The van der Waals surface area contributed by atoms with E-state index >= 15 is 0 Å². The second-order valence-electron chi connectivity index (χ2n) is 6.13. The molecule has 2 rings (SSSR count). The molecule has 1 aromatic heterocycles. The Balaban J connectivity index is 2.46. The minimum Gasteiger partial charge on any atom is -0.480 e. The van der Waals surface area contributed by atoms with Crippen molar-refractivity contribution < 1.29 is 17.9 Å². The Bertz CT molecular complexity index is 935. The summed E-state index contributed by atoms with van der Waals surface area (Å²) in [5.74, 6) is -0.587. The summed E-state index contributed by atoms with van der Waals surface area (Å²) in [7, 11) is 1.14. The van der Waals surface area contributed by atoms with Crippen molar-refractivity contribution in [2.45, 2.75) is 24.9 Å². The van der Waals surface area contributed by atoms with E-state index in [9.17, 15) is 13.2 Å². The second kappa shape index (κ2) is 9.65. The number of rotatable bonds is 7. The van der Waals surface area contributed by atoms with E-state index in [4.69, 9.17) is 4.74 Å². The Morgan fingerprint density at radius 3 is 2.41 bits per heavy atom. The topological polar surface area (TPSA) is 46.5 Å². The van der Waals surface area contributed by atoms with Crippen molar-refractivity contribution >= 4 is 23.2 Å². The Kier molecular flexibility index (Phi) is 7.50. The number of ether oxygens (including phenoxy) is 1. The molecule has 0 saturated carbocycles. The van der Waals surface area contributed by atoms with Gasteiger partial charge in [0.25, 0.3) is 0 Å². The number of thioether (sulfide) groups is 1. The number of aromatic nitrogens is 1. The summed E-state index contributed by atoms with van der Waals surface area (Å²) in [5.41, 5.74) is 0.785. The smallest absolute Gasteiger partial charge is 0.423 e. The van der Waals surface area contributed by atoms with Gasteiger partial charge in [0.1, 0.15) is 5.57 Å². The quantitative estimate of drug-likeness (QED) is 0.259. The Morgan fingerprint density at radius 1 is 1.21 bits per heavy atom. The normalized spacial score (nSPS) is 13.0. The molecule has 0 fully saturated rings. The first-order chi connectivity index (χ1) is 13.7. The van der Waals surface area contributed by atoms with Gasteiger partial charge in [-0.05, 0) is 44.4 Å². The largest absolute Gasteiger partial charge is 0.480 e. The van der Waals surface area contributed by atoms with Gasteiger partial charge in [-0.3, -0.25) is 4.98 Å². The van der Waals surface area contributed by atoms with E-state index in [1.165, 1.54) is 11.8 Å². The number of anilines is 1. The van der Waals surface area contributed by atoms with Crippen LogP contribution >= 0.6 is 11.8 Å². The van der Waals surface area contributed by atoms with Gasteiger partial charge in [0, 0.05) is 22.5 Å². The van der Waals surface area contributed by atoms with Crippen molar-refractivity contribution in [2.24, 2.45) is 4.99 Å². The third-order valence-electron chi connectivity index (χ3n) is 3.95. The Morgan fingerprint density at radius 2 is 1.86 bits per heavy atom. The highest BCUT2D eigenvalue weighted by molar-refractivity contribution is 7.98. The van der Waals surface area contributed by atoms with Gasteiger partial charge in [0.05, 0.1) is 18.5 Å². The number of pyridine rings is 1. The van der Waals surface area contributed by atoms with Crippen LogP contribution in [0.2, 0.25) is 0 Å². The number of methoxy groups -OCH3 is 1. The van der Waals surface area contributed by atoms with Crippen molar-refractivity contribution in [1.82, 2.24) is 4.98 Å². The first-order valence-corrected chi connectivity index (χ1v) is 9.82. The molecule has 0 spiro atoms. The van der Waals surface area contributed by atoms with Gasteiger partial charge in [-0.1, -0.05) is 24.3 Å². The van der Waals surface area contributed by atoms with E-state index in [1.54, 1.807) is 43.5 Å². The van der Waals surface area contributed by atoms with Gasteiger partial charge < -0.3 is 10.1 Å². The van der Waals surface area contributed by atoms with Crippen molar-refractivity contribution in [1.29, 1.82) is 0 Å². The molecule has 1 heterocycles. The number of aryl methyl sites for hydroxylation is 1. The van der Waals surface area contributed by atoms with E-state index in [0.29, 0.717) is 17.1 Å². The molecule has 0 radical (unpaired) electrons. The van der Waals surface area contributed by atoms with Crippen molar-refractivity contribution in [3.8, 4) is 0 Å². The number of hydrogen-bond acceptors (Lipinski definition) is 5. The third-order valence-corrected chi connectivity index (χ3v) is 4.67. The SMILES string of the molecule is C=C(Nc1ccc(C)cc1)/C(=C(\N=C(C)c1cc(SC)ccn1)OC)C(F)(F)F. The molecule has 0 amide bonds. The molecular formula is C21H22F3N3OS. The second-order valence-corrected chi connectivity index (χ2v) is 7.01. The summed E-state index contributed by atoms with van der Waals surface area (Å²) in [5, 5.41) is 2.68. The molecule has 154 valence electrons. The first kappa shape index (κ1) is 22.5. The zero-order valence-electron chi connectivity index (χ0n) is 16.6. The number of allylic oxidation sites excluding steroid dienone is 1. The molecule has 0 saturated heterocycles. The van der Waals surface area contributed by atoms with Gasteiger partial charge in [0.15, 0.2) is 0 Å². The number of benzene rings is 1. The fraction of sp³-hybridized carbons (Fsp3) is 0.238. The van der Waals surface area contributed by atoms with Crippen LogP contribution < -0.4 is 5.32 Å². The summed E-state index contributed by atoms with van der Waals surface area (Å²) in [6.45, 7) is 7.03. The van der Waals surface area contributed by atoms with Gasteiger partial charge in [-0.15, -0.1) is 11.8 Å². The molecule has 0 atom stereocenters. The third kappa shape index (κ3) is 6.12. The highest BCUT2D eigenvalue weighted by Gasteiger charge is 2.40. The number of halogens is 3. The number of nitrogens with one attached hydrogen (secondary N) is 1. The summed E-state index contributed by atoms with van der Waals surface area (Å²) >= 11 is 1.50. The number of hydrogen-bond donors (Lipinski definition) is 1. The van der Waals surface area contributed by atoms with Crippen LogP contribution in [0.3, 0.4) is 0 Å². The molecular weight excluding hydrogens is 399 g/mol. The highest BCUT2D eigenvalue weighted by atomic mass is 32.2. The summed E-state index contributed by atoms with van der Waals surface area (Å²) < 4.78 is 46.5. The summed E-state index contributed by atoms with van der Waals surface area (Å²) in [6.07, 6.45) is -1.24. The molecule has 0 aliphatic rings. The molecule has 1 aromatic carbocycles. The zero-order valence-corrected chi connectivity index (χ0v) is 17.4. The minimum atomic E-state index is -4.72. The van der Waals surface area contributed by atoms with E-state index in [-0.39, 0.29) is 5.70 Å². The Labute approximate surface area is 172 Å². The molecule has 0 aliphatic heterocycles. The van der Waals surface area contributed by atoms with Gasteiger partial charge >= 0.3 is 6.18 Å².